The summed E-state index contributed by atoms with van der Waals surface area (Å²) in [6.45, 7) is 4.93. The summed E-state index contributed by atoms with van der Waals surface area (Å²) in [5, 5.41) is 14.3. The van der Waals surface area contributed by atoms with Crippen LogP contribution in [0.3, 0.4) is 0 Å². The Hall–Kier alpha value is -2.70. The average Bonchev–Trinajstić information content (AvgIpc) is 3.65. The van der Waals surface area contributed by atoms with Gasteiger partial charge in [-0.2, -0.15) is 4.31 Å². The van der Waals surface area contributed by atoms with Gasteiger partial charge in [0.1, 0.15) is 11.9 Å². The molecule has 3 aliphatic rings. The lowest BCUT2D eigenvalue weighted by Gasteiger charge is -2.31. The molecule has 11 heteroatoms. The quantitative estimate of drug-likeness (QED) is 0.388. The van der Waals surface area contributed by atoms with Crippen LogP contribution in [0.25, 0.3) is 0 Å². The smallest absolute Gasteiger partial charge is 0.407 e. The molecule has 2 aliphatic heterocycles. The average molecular weight is 589 g/mol. The minimum absolute atomic E-state index is 0.00368. The van der Waals surface area contributed by atoms with Crippen LogP contribution in [0.5, 0.6) is 5.75 Å². The van der Waals surface area contributed by atoms with Gasteiger partial charge < -0.3 is 29.4 Å². The fourth-order valence-electron chi connectivity index (χ4n) is 6.26. The molecular weight excluding hydrogens is 548 g/mol. The fourth-order valence-corrected chi connectivity index (χ4v) is 7.89. The summed E-state index contributed by atoms with van der Waals surface area (Å²) in [6, 6.07) is 14.8. The van der Waals surface area contributed by atoms with Crippen molar-refractivity contribution in [1.29, 1.82) is 0 Å². The molecule has 0 radical (unpaired) electrons. The molecule has 0 bridgehead atoms. The number of rotatable bonds is 12. The zero-order valence-corrected chi connectivity index (χ0v) is 24.5. The first kappa shape index (κ1) is 29.8. The molecule has 224 valence electrons. The van der Waals surface area contributed by atoms with Crippen molar-refractivity contribution >= 4 is 16.1 Å². The van der Waals surface area contributed by atoms with Crippen LogP contribution in [0.1, 0.15) is 25.8 Å². The van der Waals surface area contributed by atoms with Crippen LogP contribution in [-0.2, 0) is 30.7 Å². The fraction of sp³-hybridized carbons (Fsp3) is 0.567. The van der Waals surface area contributed by atoms with Gasteiger partial charge in [0.05, 0.1) is 37.4 Å². The van der Waals surface area contributed by atoms with Crippen molar-refractivity contribution in [3.05, 3.63) is 60.2 Å². The number of carbonyl (C=O) groups excluding carboxylic acids is 1. The number of nitrogens with zero attached hydrogens (tertiary/aromatic N) is 1. The van der Waals surface area contributed by atoms with Crippen LogP contribution >= 0.6 is 0 Å². The van der Waals surface area contributed by atoms with E-state index in [9.17, 15) is 18.3 Å². The van der Waals surface area contributed by atoms with E-state index < -0.39 is 28.3 Å². The van der Waals surface area contributed by atoms with Gasteiger partial charge in [0.25, 0.3) is 0 Å². The number of methoxy groups -OCH3 is 1. The number of hydrogen-bond acceptors (Lipinski definition) is 8. The maximum absolute atomic E-state index is 13.6. The predicted octanol–water partition coefficient (Wildman–Crippen LogP) is 3.05. The molecule has 2 aromatic carbocycles. The van der Waals surface area contributed by atoms with Gasteiger partial charge in [-0.15, -0.1) is 0 Å². The molecule has 1 saturated carbocycles. The minimum Gasteiger partial charge on any atom is -0.497 e. The predicted molar refractivity (Wildman–Crippen MR) is 151 cm³/mol. The van der Waals surface area contributed by atoms with Gasteiger partial charge in [-0.3, -0.25) is 0 Å². The molecule has 0 spiro atoms. The number of ether oxygens (including phenoxy) is 4. The highest BCUT2D eigenvalue weighted by molar-refractivity contribution is 7.89. The highest BCUT2D eigenvalue weighted by atomic mass is 32.2. The Morgan fingerprint density at radius 3 is 2.46 bits per heavy atom. The van der Waals surface area contributed by atoms with Crippen molar-refractivity contribution in [3.8, 4) is 5.75 Å². The number of nitrogens with one attached hydrogen (secondary N) is 1. The van der Waals surface area contributed by atoms with E-state index in [4.69, 9.17) is 18.9 Å². The summed E-state index contributed by atoms with van der Waals surface area (Å²) < 4.78 is 51.0. The summed E-state index contributed by atoms with van der Waals surface area (Å²) >= 11 is 0. The third-order valence-corrected chi connectivity index (χ3v) is 10.1. The number of aliphatic hydroxyl groups excluding tert-OH is 1. The molecule has 7 atom stereocenters. The molecule has 0 aromatic heterocycles. The van der Waals surface area contributed by atoms with Crippen LogP contribution in [-0.4, -0.2) is 81.9 Å². The van der Waals surface area contributed by atoms with E-state index in [1.54, 1.807) is 12.1 Å². The Morgan fingerprint density at radius 2 is 1.78 bits per heavy atom. The first-order valence-corrected chi connectivity index (χ1v) is 15.7. The Kier molecular flexibility index (Phi) is 9.20. The van der Waals surface area contributed by atoms with Gasteiger partial charge in [0.15, 0.2) is 6.29 Å². The highest BCUT2D eigenvalue weighted by Crippen LogP contribution is 2.50. The normalized spacial score (nSPS) is 26.6. The van der Waals surface area contributed by atoms with Crippen LogP contribution in [0.15, 0.2) is 59.5 Å². The largest absolute Gasteiger partial charge is 0.497 e. The zero-order valence-electron chi connectivity index (χ0n) is 23.7. The van der Waals surface area contributed by atoms with E-state index in [0.29, 0.717) is 31.3 Å². The summed E-state index contributed by atoms with van der Waals surface area (Å²) in [4.78, 5) is 13.3. The second-order valence-corrected chi connectivity index (χ2v) is 13.6. The molecule has 1 amide bonds. The molecule has 10 nitrogen and oxygen atoms in total. The number of sulfonamides is 1. The molecule has 1 aliphatic carbocycles. The van der Waals surface area contributed by atoms with E-state index >= 15 is 0 Å². The molecule has 2 N–H and O–H groups in total. The van der Waals surface area contributed by atoms with Crippen LogP contribution in [0.2, 0.25) is 0 Å². The number of hydrogen-bond donors (Lipinski definition) is 2. The Balaban J connectivity index is 1.31. The topological polar surface area (TPSA) is 124 Å². The van der Waals surface area contributed by atoms with Gasteiger partial charge >= 0.3 is 6.09 Å². The van der Waals surface area contributed by atoms with Crippen molar-refractivity contribution < 1.29 is 37.3 Å². The molecule has 5 rings (SSSR count). The molecule has 41 heavy (non-hydrogen) atoms. The maximum Gasteiger partial charge on any atom is 0.407 e. The van der Waals surface area contributed by atoms with Crippen molar-refractivity contribution in [2.45, 2.75) is 56.1 Å². The van der Waals surface area contributed by atoms with Crippen molar-refractivity contribution in [2.24, 2.45) is 23.7 Å². The zero-order chi connectivity index (χ0) is 29.1. The van der Waals surface area contributed by atoms with E-state index in [0.717, 1.165) is 12.0 Å². The lowest BCUT2D eigenvalue weighted by atomic mass is 9.94. The number of benzene rings is 2. The minimum atomic E-state index is -3.94. The highest BCUT2D eigenvalue weighted by Gasteiger charge is 2.57. The molecule has 0 unspecified atom stereocenters. The first-order valence-electron chi connectivity index (χ1n) is 14.2. The molecule has 2 aromatic rings. The van der Waals surface area contributed by atoms with Crippen molar-refractivity contribution in [1.82, 2.24) is 9.62 Å². The number of amides is 1. The summed E-state index contributed by atoms with van der Waals surface area (Å²) in [5.41, 5.74) is 0.893. The van der Waals surface area contributed by atoms with Gasteiger partial charge in [-0.05, 0) is 54.5 Å². The second-order valence-electron chi connectivity index (χ2n) is 11.6. The Labute approximate surface area is 242 Å². The second kappa shape index (κ2) is 12.7. The number of carbonyl (C=O) groups is 1. The van der Waals surface area contributed by atoms with Gasteiger partial charge in [0, 0.05) is 24.9 Å². The van der Waals surface area contributed by atoms with Gasteiger partial charge in [-0.25, -0.2) is 13.2 Å². The molecular formula is C30H40N2O8S. The monoisotopic (exact) mass is 588 g/mol. The summed E-state index contributed by atoms with van der Waals surface area (Å²) in [6.07, 6.45) is -1.32. The summed E-state index contributed by atoms with van der Waals surface area (Å²) in [7, 11) is -2.42. The molecule has 3 fully saturated rings. The number of alkyl carbamates (subject to hydrolysis) is 1. The molecule has 2 heterocycles. The van der Waals surface area contributed by atoms with Crippen LogP contribution < -0.4 is 10.1 Å². The lowest BCUT2D eigenvalue weighted by molar-refractivity contribution is -0.0906. The first-order chi connectivity index (χ1) is 19.7. The van der Waals surface area contributed by atoms with Crippen molar-refractivity contribution in [2.75, 3.05) is 33.4 Å². The van der Waals surface area contributed by atoms with Crippen molar-refractivity contribution in [3.63, 3.8) is 0 Å². The van der Waals surface area contributed by atoms with Crippen LogP contribution in [0.4, 0.5) is 4.79 Å². The SMILES string of the molecule is COc1ccc(S(=O)(=O)N(CC(C)C)C[C@@H](O)[C@H](Cc2ccccc2)NC(=O)O[C@H]2C[C@@H]3CO[C@@H]4OC[C@H]2[C@H]34)cc1. The van der Waals surface area contributed by atoms with E-state index in [1.165, 1.54) is 23.5 Å². The molecule has 2 saturated heterocycles. The lowest BCUT2D eigenvalue weighted by Crippen LogP contribution is -2.51. The standard InChI is InChI=1S/C30H40N2O8S/c1-19(2)15-32(41(35,36)23-11-9-22(37-3)10-12-23)16-26(33)25(13-20-7-5-4-6-8-20)31-30(34)40-27-14-21-17-38-29-28(21)24(27)18-39-29/h4-12,19,21,24-29,33H,13-18H2,1-3H3,(H,31,34)/t21-,24-,25+,26-,27+,28+,29-/m1/s1. The van der Waals surface area contributed by atoms with Gasteiger partial charge in [-0.1, -0.05) is 44.2 Å². The van der Waals surface area contributed by atoms with E-state index in [1.807, 2.05) is 44.2 Å². The van der Waals surface area contributed by atoms with Gasteiger partial charge in [0.2, 0.25) is 10.0 Å². The van der Waals surface area contributed by atoms with E-state index in [-0.39, 0.29) is 48.1 Å². The Bertz CT molecular complexity index is 1270. The van der Waals surface area contributed by atoms with Crippen LogP contribution in [0, 0.1) is 23.7 Å². The van der Waals surface area contributed by atoms with E-state index in [2.05, 4.69) is 5.32 Å². The third-order valence-electron chi connectivity index (χ3n) is 8.27. The summed E-state index contributed by atoms with van der Waals surface area (Å²) in [5.74, 6) is 1.19. The third kappa shape index (κ3) is 6.70. The Morgan fingerprint density at radius 1 is 1.07 bits per heavy atom. The number of aliphatic hydroxyl groups is 1. The maximum atomic E-state index is 13.6.